The summed E-state index contributed by atoms with van der Waals surface area (Å²) in [4.78, 5) is 17.6. The molecule has 0 radical (unpaired) electrons. The molecule has 0 fully saturated rings. The number of aromatic nitrogens is 2. The van der Waals surface area contributed by atoms with Crippen molar-refractivity contribution >= 4 is 61.4 Å². The number of hydrogen-bond donors (Lipinski definition) is 2. The Labute approximate surface area is 254 Å². The van der Waals surface area contributed by atoms with Gasteiger partial charge < -0.3 is 28.9 Å². The van der Waals surface area contributed by atoms with E-state index in [2.05, 4.69) is 11.1 Å². The van der Waals surface area contributed by atoms with Gasteiger partial charge in [-0.3, -0.25) is 0 Å². The van der Waals surface area contributed by atoms with Crippen molar-refractivity contribution in [3.8, 4) is 5.75 Å². The van der Waals surface area contributed by atoms with E-state index in [1.54, 1.807) is 26.8 Å². The molecule has 2 N–H and O–H groups in total. The second-order valence-corrected chi connectivity index (χ2v) is 13.7. The number of nitrogens with one attached hydrogen (secondary N) is 1. The van der Waals surface area contributed by atoms with Crippen molar-refractivity contribution in [3.05, 3.63) is 71.1 Å². The fourth-order valence-electron chi connectivity index (χ4n) is 4.70. The van der Waals surface area contributed by atoms with Crippen LogP contribution in [0.4, 0.5) is 4.79 Å². The van der Waals surface area contributed by atoms with Crippen LogP contribution in [-0.2, 0) is 14.9 Å². The fourth-order valence-corrected chi connectivity index (χ4v) is 6.11. The number of nitrogens with zero attached hydrogens (tertiary/aromatic N) is 3. The zero-order valence-corrected chi connectivity index (χ0v) is 26.2. The Kier molecular flexibility index (Phi) is 8.27. The summed E-state index contributed by atoms with van der Waals surface area (Å²) in [5.41, 5.74) is 1.99. The minimum Gasteiger partial charge on any atom is -0.492 e. The van der Waals surface area contributed by atoms with E-state index in [4.69, 9.17) is 26.1 Å². The van der Waals surface area contributed by atoms with Crippen LogP contribution in [0.5, 0.6) is 5.75 Å². The molecule has 43 heavy (non-hydrogen) atoms. The lowest BCUT2D eigenvalue weighted by molar-refractivity contribution is 0.0117. The van der Waals surface area contributed by atoms with Gasteiger partial charge in [0, 0.05) is 36.5 Å². The number of ether oxygens (including phenoxy) is 2. The number of hydrogen-bond acceptors (Lipinski definition) is 8. The highest BCUT2D eigenvalue weighted by atomic mass is 32.2. The highest BCUT2D eigenvalue weighted by molar-refractivity contribution is 7.88. The van der Waals surface area contributed by atoms with Crippen LogP contribution in [0.1, 0.15) is 32.4 Å². The molecule has 0 saturated carbocycles. The molecule has 5 aromatic rings. The van der Waals surface area contributed by atoms with E-state index in [9.17, 15) is 18.3 Å². The number of aliphatic hydroxyl groups is 1. The maximum Gasteiger partial charge on any atom is 0.410 e. The van der Waals surface area contributed by atoms with Crippen molar-refractivity contribution in [2.24, 2.45) is 0 Å². The van der Waals surface area contributed by atoms with Gasteiger partial charge in [0.25, 0.3) is 4.84 Å². The lowest BCUT2D eigenvalue weighted by atomic mass is 10.1. The van der Waals surface area contributed by atoms with E-state index in [-0.39, 0.29) is 35.6 Å². The van der Waals surface area contributed by atoms with Crippen molar-refractivity contribution in [2.75, 3.05) is 33.8 Å². The summed E-state index contributed by atoms with van der Waals surface area (Å²) in [7, 11) is -1.22. The molecule has 0 aliphatic rings. The summed E-state index contributed by atoms with van der Waals surface area (Å²) in [6, 6.07) is 18.4. The number of H-pyrrole nitrogens is 1. The van der Waals surface area contributed by atoms with Crippen LogP contribution >= 0.6 is 12.2 Å². The highest BCUT2D eigenvalue weighted by Gasteiger charge is 2.27. The SMILES string of the molecule is CN(C)S(=O)(=O)n1c(=S)oc2ccc(C(O)CN(CCOc3ccc4c(c3)[nH]c3ccccc34)C(=O)OC(C)(C)C)cc21. The number of rotatable bonds is 9. The van der Waals surface area contributed by atoms with E-state index < -0.39 is 28.0 Å². The Balaban J connectivity index is 1.35. The standard InChI is InChI=1S/C30H34N4O7S2/c1-30(2,3)41-28(36)33(14-15-39-20-11-12-22-21-8-6-7-9-23(21)31-24(22)17-20)18-26(35)19-10-13-27-25(16-19)34(29(42)40-27)43(37,38)32(4)5/h6-13,16-17,26,31,35H,14-15,18H2,1-5H3. The average Bonchev–Trinajstić information content (AvgIpc) is 3.47. The Morgan fingerprint density at radius 1 is 1.07 bits per heavy atom. The number of benzene rings is 3. The average molecular weight is 627 g/mol. The zero-order chi connectivity index (χ0) is 31.1. The molecule has 3 aromatic carbocycles. The number of aromatic amines is 1. The smallest absolute Gasteiger partial charge is 0.410 e. The van der Waals surface area contributed by atoms with E-state index in [1.807, 2.05) is 36.4 Å². The number of fused-ring (bicyclic) bond motifs is 4. The predicted molar refractivity (Wildman–Crippen MR) is 167 cm³/mol. The first-order valence-electron chi connectivity index (χ1n) is 13.6. The van der Waals surface area contributed by atoms with Crippen molar-refractivity contribution in [1.29, 1.82) is 0 Å². The van der Waals surface area contributed by atoms with Gasteiger partial charge in [0.15, 0.2) is 5.58 Å². The molecule has 5 rings (SSSR count). The van der Waals surface area contributed by atoms with Crippen molar-refractivity contribution < 1.29 is 32.2 Å². The van der Waals surface area contributed by atoms with Crippen LogP contribution in [0.2, 0.25) is 0 Å². The molecule has 0 saturated heterocycles. The summed E-state index contributed by atoms with van der Waals surface area (Å²) >= 11 is 5.16. The van der Waals surface area contributed by atoms with Gasteiger partial charge in [0.1, 0.15) is 23.5 Å². The topological polar surface area (TPSA) is 130 Å². The number of aliphatic hydroxyl groups excluding tert-OH is 1. The second kappa shape index (κ2) is 11.6. The lowest BCUT2D eigenvalue weighted by Crippen LogP contribution is -2.41. The minimum absolute atomic E-state index is 0.121. The minimum atomic E-state index is -3.98. The van der Waals surface area contributed by atoms with Gasteiger partial charge in [-0.05, 0) is 68.9 Å². The Morgan fingerprint density at radius 3 is 2.51 bits per heavy atom. The van der Waals surface area contributed by atoms with Gasteiger partial charge in [0.05, 0.1) is 24.7 Å². The number of carbonyl (C=O) groups is 1. The molecule has 13 heteroatoms. The first kappa shape index (κ1) is 30.5. The van der Waals surface area contributed by atoms with Crippen molar-refractivity contribution in [2.45, 2.75) is 32.5 Å². The molecule has 0 aliphatic carbocycles. The highest BCUT2D eigenvalue weighted by Crippen LogP contribution is 2.29. The number of carbonyl (C=O) groups excluding carboxylic acids is 1. The second-order valence-electron chi connectivity index (χ2n) is 11.3. The third-order valence-electron chi connectivity index (χ3n) is 6.79. The van der Waals surface area contributed by atoms with Gasteiger partial charge in [0.2, 0.25) is 0 Å². The van der Waals surface area contributed by atoms with Crippen LogP contribution in [-0.4, -0.2) is 77.2 Å². The fraction of sp³-hybridized carbons (Fsp3) is 0.333. The van der Waals surface area contributed by atoms with Crippen LogP contribution < -0.4 is 4.74 Å². The molecule has 11 nitrogen and oxygen atoms in total. The molecule has 1 unspecified atom stereocenters. The zero-order valence-electron chi connectivity index (χ0n) is 24.5. The molecule has 0 bridgehead atoms. The van der Waals surface area contributed by atoms with Gasteiger partial charge >= 0.3 is 16.3 Å². The van der Waals surface area contributed by atoms with E-state index in [0.29, 0.717) is 11.3 Å². The molecule has 0 aliphatic heterocycles. The van der Waals surface area contributed by atoms with Crippen molar-refractivity contribution in [3.63, 3.8) is 0 Å². The first-order chi connectivity index (χ1) is 20.2. The lowest BCUT2D eigenvalue weighted by Gasteiger charge is -2.29. The molecule has 228 valence electrons. The van der Waals surface area contributed by atoms with E-state index >= 15 is 0 Å². The monoisotopic (exact) mass is 626 g/mol. The van der Waals surface area contributed by atoms with E-state index in [1.165, 1.54) is 31.1 Å². The molecule has 1 atom stereocenters. The maximum atomic E-state index is 13.1. The normalized spacial score (nSPS) is 13.2. The molecule has 1 amide bonds. The number of para-hydroxylation sites is 1. The molecular formula is C30H34N4O7S2. The Morgan fingerprint density at radius 2 is 1.79 bits per heavy atom. The van der Waals surface area contributed by atoms with Gasteiger partial charge in [-0.1, -0.05) is 24.3 Å². The number of oxazole rings is 1. The third-order valence-corrected chi connectivity index (χ3v) is 8.92. The van der Waals surface area contributed by atoms with Gasteiger partial charge in [-0.25, -0.2) is 4.79 Å². The molecule has 0 spiro atoms. The summed E-state index contributed by atoms with van der Waals surface area (Å²) in [6.45, 7) is 5.40. The van der Waals surface area contributed by atoms with Crippen molar-refractivity contribution in [1.82, 2.24) is 18.2 Å². The van der Waals surface area contributed by atoms with Gasteiger partial charge in [-0.2, -0.15) is 16.7 Å². The van der Waals surface area contributed by atoms with Crippen LogP contribution in [0.25, 0.3) is 32.9 Å². The maximum absolute atomic E-state index is 13.1. The largest absolute Gasteiger partial charge is 0.492 e. The third kappa shape index (κ3) is 6.39. The van der Waals surface area contributed by atoms with E-state index in [0.717, 1.165) is 30.1 Å². The summed E-state index contributed by atoms with van der Waals surface area (Å²) < 4.78 is 44.7. The van der Waals surface area contributed by atoms with Crippen LogP contribution in [0.3, 0.4) is 0 Å². The van der Waals surface area contributed by atoms with Crippen LogP contribution in [0, 0.1) is 4.84 Å². The summed E-state index contributed by atoms with van der Waals surface area (Å²) in [5.74, 6) is 0.625. The molecule has 2 heterocycles. The predicted octanol–water partition coefficient (Wildman–Crippen LogP) is 5.60. The van der Waals surface area contributed by atoms with Gasteiger partial charge in [-0.15, -0.1) is 0 Å². The first-order valence-corrected chi connectivity index (χ1v) is 15.4. The summed E-state index contributed by atoms with van der Waals surface area (Å²) in [5, 5.41) is 13.4. The number of amides is 1. The van der Waals surface area contributed by atoms with Crippen LogP contribution in [0.15, 0.2) is 65.1 Å². The Bertz CT molecular complexity index is 1970. The quantitative estimate of drug-likeness (QED) is 0.202. The molecular weight excluding hydrogens is 592 g/mol. The molecule has 2 aromatic heterocycles. The summed E-state index contributed by atoms with van der Waals surface area (Å²) in [6.07, 6.45) is -1.80. The Hall–Kier alpha value is -3.91.